The summed E-state index contributed by atoms with van der Waals surface area (Å²) >= 11 is 2.71. The van der Waals surface area contributed by atoms with Gasteiger partial charge in [0.1, 0.15) is 5.01 Å². The van der Waals surface area contributed by atoms with Crippen molar-refractivity contribution in [3.05, 3.63) is 62.6 Å². The molecule has 0 aliphatic carbocycles. The second kappa shape index (κ2) is 8.66. The van der Waals surface area contributed by atoms with Crippen molar-refractivity contribution in [3.63, 3.8) is 0 Å². The van der Waals surface area contributed by atoms with Crippen LogP contribution < -0.4 is 5.73 Å². The number of primary amides is 1. The van der Waals surface area contributed by atoms with E-state index in [1.165, 1.54) is 35.2 Å². The lowest BCUT2D eigenvalue weighted by molar-refractivity contribution is -0.137. The molecule has 7 nitrogen and oxygen atoms in total. The Labute approximate surface area is 190 Å². The molecule has 1 unspecified atom stereocenters. The molecular weight excluding hydrogens is 463 g/mol. The minimum atomic E-state index is -4.40. The molecule has 2 N–H and O–H groups in total. The van der Waals surface area contributed by atoms with Crippen LogP contribution in [0.2, 0.25) is 0 Å². The highest BCUT2D eigenvalue weighted by Gasteiger charge is 2.43. The fourth-order valence-corrected chi connectivity index (χ4v) is 5.58. The number of urea groups is 1. The van der Waals surface area contributed by atoms with Crippen LogP contribution in [0, 0.1) is 0 Å². The zero-order valence-corrected chi connectivity index (χ0v) is 18.6. The van der Waals surface area contributed by atoms with Gasteiger partial charge in [-0.2, -0.15) is 13.2 Å². The molecule has 0 bridgehead atoms. The Morgan fingerprint density at radius 2 is 1.94 bits per heavy atom. The molecule has 12 heteroatoms. The van der Waals surface area contributed by atoms with Crippen LogP contribution in [0.5, 0.6) is 0 Å². The lowest BCUT2D eigenvalue weighted by Gasteiger charge is -2.33. The molecule has 1 saturated heterocycles. The molecule has 2 aliphatic rings. The monoisotopic (exact) mass is 483 g/mol. The van der Waals surface area contributed by atoms with E-state index in [1.54, 1.807) is 22.9 Å². The van der Waals surface area contributed by atoms with Gasteiger partial charge in [-0.25, -0.2) is 9.78 Å². The van der Waals surface area contributed by atoms with Crippen molar-refractivity contribution in [2.45, 2.75) is 31.7 Å². The van der Waals surface area contributed by atoms with E-state index in [0.29, 0.717) is 35.8 Å². The first kappa shape index (κ1) is 22.5. The van der Waals surface area contributed by atoms with Gasteiger partial charge in [-0.05, 0) is 24.6 Å². The first-order valence-corrected chi connectivity index (χ1v) is 11.4. The number of benzene rings is 1. The van der Waals surface area contributed by atoms with Gasteiger partial charge in [-0.15, -0.1) is 11.3 Å². The Bertz CT molecular complexity index is 1040. The molecule has 4 rings (SSSR count). The van der Waals surface area contributed by atoms with Crippen molar-refractivity contribution in [1.29, 1.82) is 0 Å². The Hall–Kier alpha value is -2.73. The van der Waals surface area contributed by atoms with Gasteiger partial charge in [-0.3, -0.25) is 9.69 Å². The predicted octanol–water partition coefficient (Wildman–Crippen LogP) is 3.65. The van der Waals surface area contributed by atoms with Crippen LogP contribution in [-0.2, 0) is 24.1 Å². The number of alkyl halides is 3. The summed E-state index contributed by atoms with van der Waals surface area (Å²) in [6.07, 6.45) is -2.71. The Kier molecular flexibility index (Phi) is 6.08. The molecule has 2 aromatic rings. The Morgan fingerprint density at radius 3 is 2.53 bits per heavy atom. The van der Waals surface area contributed by atoms with Crippen LogP contribution in [0.3, 0.4) is 0 Å². The molecule has 3 amide bonds. The first-order chi connectivity index (χ1) is 15.1. The lowest BCUT2D eigenvalue weighted by atomic mass is 10.1. The van der Waals surface area contributed by atoms with Crippen LogP contribution in [0.4, 0.5) is 18.0 Å². The third-order valence-electron chi connectivity index (χ3n) is 5.31. The molecule has 1 fully saturated rings. The highest BCUT2D eigenvalue weighted by Crippen LogP contribution is 2.41. The van der Waals surface area contributed by atoms with Crippen LogP contribution in [0.1, 0.15) is 23.1 Å². The largest absolute Gasteiger partial charge is 0.416 e. The van der Waals surface area contributed by atoms with Gasteiger partial charge in [0.2, 0.25) is 0 Å². The summed E-state index contributed by atoms with van der Waals surface area (Å²) < 4.78 is 38.4. The Morgan fingerprint density at radius 1 is 1.22 bits per heavy atom. The summed E-state index contributed by atoms with van der Waals surface area (Å²) in [4.78, 5) is 34.9. The summed E-state index contributed by atoms with van der Waals surface area (Å²) in [7, 11) is 0. The van der Waals surface area contributed by atoms with Gasteiger partial charge in [0.15, 0.2) is 5.50 Å². The number of rotatable bonds is 6. The smallest absolute Gasteiger partial charge is 0.365 e. The summed E-state index contributed by atoms with van der Waals surface area (Å²) in [6.45, 7) is 3.27. The van der Waals surface area contributed by atoms with E-state index in [4.69, 9.17) is 5.73 Å². The quantitative estimate of drug-likeness (QED) is 0.678. The van der Waals surface area contributed by atoms with Crippen molar-refractivity contribution in [1.82, 2.24) is 19.7 Å². The number of nitrogens with zero attached hydrogens (tertiary/aromatic N) is 4. The molecule has 1 aromatic carbocycles. The van der Waals surface area contributed by atoms with E-state index in [2.05, 4.69) is 4.98 Å². The van der Waals surface area contributed by atoms with E-state index < -0.39 is 23.1 Å². The molecule has 170 valence electrons. The normalized spacial score (nSPS) is 19.4. The van der Waals surface area contributed by atoms with Crippen molar-refractivity contribution >= 4 is 35.0 Å². The summed E-state index contributed by atoms with van der Waals surface area (Å²) in [5.41, 5.74) is 5.66. The number of nitrogens with two attached hydrogens (primary N) is 1. The Balaban J connectivity index is 1.49. The lowest BCUT2D eigenvalue weighted by Crippen LogP contribution is -2.45. The number of amides is 3. The zero-order chi connectivity index (χ0) is 23.0. The molecular formula is C20H20F3N5O2S2. The maximum atomic E-state index is 13.1. The number of hydrogen-bond acceptors (Lipinski definition) is 6. The fourth-order valence-electron chi connectivity index (χ4n) is 3.66. The SMILES string of the molecule is CC1=C(C(N)=O)SC(N2CCN(Cc3ccc(C(F)(F)F)cc3)C2=O)N1Cc1nccs1. The number of carbonyl (C=O) groups is 2. The molecule has 1 atom stereocenters. The highest BCUT2D eigenvalue weighted by atomic mass is 32.2. The minimum absolute atomic E-state index is 0.201. The van der Waals surface area contributed by atoms with Crippen molar-refractivity contribution in [2.75, 3.05) is 13.1 Å². The number of hydrogen-bond donors (Lipinski definition) is 1. The first-order valence-electron chi connectivity index (χ1n) is 9.69. The summed E-state index contributed by atoms with van der Waals surface area (Å²) in [5, 5.41) is 2.70. The average molecular weight is 484 g/mol. The number of halogens is 3. The molecule has 0 saturated carbocycles. The second-order valence-electron chi connectivity index (χ2n) is 7.37. The van der Waals surface area contributed by atoms with Crippen LogP contribution in [0.15, 0.2) is 46.4 Å². The summed E-state index contributed by atoms with van der Waals surface area (Å²) in [6, 6.07) is 4.56. The van der Waals surface area contributed by atoms with Gasteiger partial charge >= 0.3 is 12.2 Å². The number of thioether (sulfide) groups is 1. The average Bonchev–Trinajstić information content (AvgIpc) is 3.44. The number of allylic oxidation sites excluding steroid dienone is 1. The molecule has 32 heavy (non-hydrogen) atoms. The molecule has 2 aliphatic heterocycles. The van der Waals surface area contributed by atoms with Crippen LogP contribution >= 0.6 is 23.1 Å². The molecule has 3 heterocycles. The fraction of sp³-hybridized carbons (Fsp3) is 0.350. The van der Waals surface area contributed by atoms with Crippen molar-refractivity contribution < 1.29 is 22.8 Å². The number of carbonyl (C=O) groups excluding carboxylic acids is 2. The minimum Gasteiger partial charge on any atom is -0.365 e. The van der Waals surface area contributed by atoms with E-state index in [0.717, 1.165) is 17.1 Å². The van der Waals surface area contributed by atoms with Crippen LogP contribution in [-0.4, -0.2) is 50.2 Å². The number of thiazole rings is 1. The van der Waals surface area contributed by atoms with Gasteiger partial charge in [-0.1, -0.05) is 23.9 Å². The van der Waals surface area contributed by atoms with Gasteiger partial charge in [0.25, 0.3) is 5.91 Å². The predicted molar refractivity (Wildman–Crippen MR) is 115 cm³/mol. The van der Waals surface area contributed by atoms with Crippen LogP contribution in [0.25, 0.3) is 0 Å². The number of aromatic nitrogens is 1. The van der Waals surface area contributed by atoms with Gasteiger partial charge < -0.3 is 15.5 Å². The maximum Gasteiger partial charge on any atom is 0.416 e. The van der Waals surface area contributed by atoms with Gasteiger partial charge in [0.05, 0.1) is 17.0 Å². The maximum absolute atomic E-state index is 13.1. The van der Waals surface area contributed by atoms with Crippen molar-refractivity contribution in [3.8, 4) is 0 Å². The zero-order valence-electron chi connectivity index (χ0n) is 17.0. The second-order valence-corrected chi connectivity index (χ2v) is 9.41. The van der Waals surface area contributed by atoms with Crippen molar-refractivity contribution in [2.24, 2.45) is 5.73 Å². The van der Waals surface area contributed by atoms with E-state index in [9.17, 15) is 22.8 Å². The highest BCUT2D eigenvalue weighted by molar-refractivity contribution is 8.04. The summed E-state index contributed by atoms with van der Waals surface area (Å²) in [5.74, 6) is -0.549. The molecule has 0 spiro atoms. The third-order valence-corrected chi connectivity index (χ3v) is 7.53. The standard InChI is InChI=1S/C20H20F3N5O2S2/c1-12-16(17(24)29)32-19(28(12)11-15-25-6-9-31-15)27-8-7-26(18(27)30)10-13-2-4-14(5-3-13)20(21,22)23/h2-6,9,19H,7-8,10-11H2,1H3,(H2,24,29). The topological polar surface area (TPSA) is 82.8 Å². The third kappa shape index (κ3) is 4.42. The van der Waals surface area contributed by atoms with E-state index in [-0.39, 0.29) is 12.6 Å². The molecule has 1 aromatic heterocycles. The van der Waals surface area contributed by atoms with Gasteiger partial charge in [0, 0.05) is 36.9 Å². The molecule has 0 radical (unpaired) electrons. The van der Waals surface area contributed by atoms with E-state index in [1.807, 2.05) is 10.3 Å². The van der Waals surface area contributed by atoms with E-state index >= 15 is 0 Å².